The van der Waals surface area contributed by atoms with Crippen molar-refractivity contribution >= 4 is 35.3 Å². The number of carbonyl (C=O) groups is 3. The van der Waals surface area contributed by atoms with Gasteiger partial charge in [0.2, 0.25) is 0 Å². The summed E-state index contributed by atoms with van der Waals surface area (Å²) in [7, 11) is 0. The molecule has 1 fully saturated rings. The van der Waals surface area contributed by atoms with Gasteiger partial charge in [-0.05, 0) is 49.6 Å². The number of hydrogen-bond donors (Lipinski definition) is 3. The van der Waals surface area contributed by atoms with E-state index < -0.39 is 11.6 Å². The fourth-order valence-electron chi connectivity index (χ4n) is 3.02. The molecule has 7 heteroatoms. The van der Waals surface area contributed by atoms with E-state index in [-0.39, 0.29) is 11.8 Å². The van der Waals surface area contributed by atoms with Crippen molar-refractivity contribution in [1.29, 1.82) is 0 Å². The number of urea groups is 1. The molecular formula is C22H25N3O3S. The fourth-order valence-corrected chi connectivity index (χ4v) is 4.16. The summed E-state index contributed by atoms with van der Waals surface area (Å²) in [5.74, 6) is -0.249. The number of thioether (sulfide) groups is 1. The minimum Gasteiger partial charge on any atom is -0.323 e. The Bertz CT molecular complexity index is 914. The van der Waals surface area contributed by atoms with Crippen LogP contribution in [0.3, 0.4) is 0 Å². The number of benzene rings is 2. The molecule has 1 aliphatic rings. The molecule has 0 saturated carbocycles. The molecule has 2 aromatic rings. The summed E-state index contributed by atoms with van der Waals surface area (Å²) in [6.45, 7) is 3.83. The Morgan fingerprint density at radius 2 is 1.83 bits per heavy atom. The molecule has 3 rings (SSSR count). The first-order chi connectivity index (χ1) is 13.9. The zero-order valence-corrected chi connectivity index (χ0v) is 17.4. The molecule has 1 aliphatic heterocycles. The lowest BCUT2D eigenvalue weighted by molar-refractivity contribution is -0.122. The molecule has 2 aromatic carbocycles. The third-order valence-electron chi connectivity index (χ3n) is 4.80. The van der Waals surface area contributed by atoms with Crippen LogP contribution in [0.2, 0.25) is 0 Å². The first kappa shape index (κ1) is 20.9. The van der Waals surface area contributed by atoms with Crippen molar-refractivity contribution in [2.45, 2.75) is 43.5 Å². The zero-order valence-electron chi connectivity index (χ0n) is 16.6. The number of rotatable bonds is 8. The second kappa shape index (κ2) is 9.13. The lowest BCUT2D eigenvalue weighted by Crippen LogP contribution is -2.46. The number of aryl methyl sites for hydroxylation is 1. The molecule has 29 heavy (non-hydrogen) atoms. The number of carbonyl (C=O) groups excluding carboxylic acids is 3. The van der Waals surface area contributed by atoms with Crippen molar-refractivity contribution in [2.24, 2.45) is 0 Å². The van der Waals surface area contributed by atoms with E-state index in [1.165, 1.54) is 17.3 Å². The van der Waals surface area contributed by atoms with Gasteiger partial charge < -0.3 is 10.6 Å². The molecule has 0 spiro atoms. The summed E-state index contributed by atoms with van der Waals surface area (Å²) in [6, 6.07) is 14.6. The average Bonchev–Trinajstić information content (AvgIpc) is 2.97. The van der Waals surface area contributed by atoms with Crippen LogP contribution in [-0.4, -0.2) is 29.1 Å². The van der Waals surface area contributed by atoms with Gasteiger partial charge in [0.1, 0.15) is 5.54 Å². The zero-order chi connectivity index (χ0) is 20.9. The molecule has 1 atom stereocenters. The smallest absolute Gasteiger partial charge is 0.322 e. The van der Waals surface area contributed by atoms with E-state index in [4.69, 9.17) is 0 Å². The maximum absolute atomic E-state index is 12.8. The number of imide groups is 1. The molecule has 0 bridgehead atoms. The molecule has 6 nitrogen and oxygen atoms in total. The highest BCUT2D eigenvalue weighted by Crippen LogP contribution is 2.28. The van der Waals surface area contributed by atoms with Crippen LogP contribution in [0, 0.1) is 0 Å². The van der Waals surface area contributed by atoms with E-state index in [1.807, 2.05) is 36.4 Å². The van der Waals surface area contributed by atoms with Gasteiger partial charge in [-0.2, -0.15) is 0 Å². The Morgan fingerprint density at radius 3 is 2.48 bits per heavy atom. The fraction of sp³-hybridized carbons (Fsp3) is 0.318. The Balaban J connectivity index is 1.67. The Kier molecular flexibility index (Phi) is 6.59. The molecule has 1 saturated heterocycles. The van der Waals surface area contributed by atoms with Crippen LogP contribution in [0.1, 0.15) is 42.6 Å². The predicted octanol–water partition coefficient (Wildman–Crippen LogP) is 3.97. The minimum atomic E-state index is -1.00. The van der Waals surface area contributed by atoms with Crippen LogP contribution in [0.4, 0.5) is 10.5 Å². The lowest BCUT2D eigenvalue weighted by atomic mass is 10.1. The van der Waals surface area contributed by atoms with E-state index in [0.717, 1.165) is 29.8 Å². The molecule has 0 aromatic heterocycles. The molecule has 152 valence electrons. The highest BCUT2D eigenvalue weighted by atomic mass is 32.2. The van der Waals surface area contributed by atoms with Crippen LogP contribution in [0.5, 0.6) is 0 Å². The van der Waals surface area contributed by atoms with Gasteiger partial charge in [-0.25, -0.2) is 4.79 Å². The van der Waals surface area contributed by atoms with Gasteiger partial charge in [0.05, 0.1) is 5.56 Å². The van der Waals surface area contributed by atoms with Crippen LogP contribution in [0.25, 0.3) is 0 Å². The molecular weight excluding hydrogens is 386 g/mol. The van der Waals surface area contributed by atoms with Gasteiger partial charge in [-0.1, -0.05) is 37.6 Å². The Labute approximate surface area is 174 Å². The number of nitrogens with one attached hydrogen (secondary N) is 3. The summed E-state index contributed by atoms with van der Waals surface area (Å²) in [4.78, 5) is 37.0. The summed E-state index contributed by atoms with van der Waals surface area (Å²) in [6.07, 6.45) is 3.33. The van der Waals surface area contributed by atoms with Crippen molar-refractivity contribution < 1.29 is 14.4 Å². The van der Waals surface area contributed by atoms with Gasteiger partial charge in [0, 0.05) is 16.3 Å². The maximum Gasteiger partial charge on any atom is 0.322 e. The van der Waals surface area contributed by atoms with Gasteiger partial charge in [0.25, 0.3) is 11.8 Å². The van der Waals surface area contributed by atoms with Crippen molar-refractivity contribution in [3.63, 3.8) is 0 Å². The summed E-state index contributed by atoms with van der Waals surface area (Å²) in [5.41, 5.74) is 1.52. The summed E-state index contributed by atoms with van der Waals surface area (Å²) >= 11 is 1.36. The Morgan fingerprint density at radius 1 is 1.10 bits per heavy atom. The highest BCUT2D eigenvalue weighted by Gasteiger charge is 2.41. The Hall–Kier alpha value is -2.80. The van der Waals surface area contributed by atoms with Crippen molar-refractivity contribution in [3.8, 4) is 0 Å². The summed E-state index contributed by atoms with van der Waals surface area (Å²) in [5, 5.41) is 7.82. The second-order valence-corrected chi connectivity index (χ2v) is 8.30. The second-order valence-electron chi connectivity index (χ2n) is 7.28. The monoisotopic (exact) mass is 411 g/mol. The average molecular weight is 412 g/mol. The van der Waals surface area contributed by atoms with Crippen molar-refractivity contribution in [2.75, 3.05) is 11.1 Å². The lowest BCUT2D eigenvalue weighted by Gasteiger charge is -2.20. The largest absolute Gasteiger partial charge is 0.323 e. The van der Waals surface area contributed by atoms with E-state index in [9.17, 15) is 14.4 Å². The van der Waals surface area contributed by atoms with Gasteiger partial charge in [-0.15, -0.1) is 11.8 Å². The van der Waals surface area contributed by atoms with Gasteiger partial charge in [-0.3, -0.25) is 14.9 Å². The van der Waals surface area contributed by atoms with E-state index in [1.54, 1.807) is 19.1 Å². The van der Waals surface area contributed by atoms with Crippen LogP contribution < -0.4 is 16.0 Å². The molecule has 0 unspecified atom stereocenters. The number of hydrogen-bond acceptors (Lipinski definition) is 4. The first-order valence-corrected chi connectivity index (χ1v) is 10.7. The van der Waals surface area contributed by atoms with Gasteiger partial charge in [0.15, 0.2) is 0 Å². The van der Waals surface area contributed by atoms with Gasteiger partial charge >= 0.3 is 6.03 Å². The number of unbranched alkanes of at least 4 members (excludes halogenated alkanes) is 1. The SMILES string of the molecule is CCCCc1ccc(NC(=O)c2ccccc2SC[C@]2(C)NC(=O)NC2=O)cc1. The highest BCUT2D eigenvalue weighted by molar-refractivity contribution is 7.99. The van der Waals surface area contributed by atoms with Crippen LogP contribution in [-0.2, 0) is 11.2 Å². The quantitative estimate of drug-likeness (QED) is 0.453. The van der Waals surface area contributed by atoms with E-state index in [2.05, 4.69) is 22.9 Å². The topological polar surface area (TPSA) is 87.3 Å². The van der Waals surface area contributed by atoms with E-state index in [0.29, 0.717) is 11.3 Å². The standard InChI is InChI=1S/C22H25N3O3S/c1-3-4-7-15-10-12-16(13-11-15)23-19(26)17-8-5-6-9-18(17)29-14-22(2)20(27)24-21(28)25-22/h5-6,8-13H,3-4,7,14H2,1-2H3,(H,23,26)(H2,24,25,27,28)/t22-/m0/s1. The first-order valence-electron chi connectivity index (χ1n) is 9.67. The van der Waals surface area contributed by atoms with Crippen molar-refractivity contribution in [1.82, 2.24) is 10.6 Å². The van der Waals surface area contributed by atoms with Crippen LogP contribution >= 0.6 is 11.8 Å². The number of anilines is 1. The predicted molar refractivity (Wildman–Crippen MR) is 115 cm³/mol. The van der Waals surface area contributed by atoms with E-state index >= 15 is 0 Å². The molecule has 4 amide bonds. The third-order valence-corrected chi connectivity index (χ3v) is 6.19. The third kappa shape index (κ3) is 5.17. The minimum absolute atomic E-state index is 0.209. The van der Waals surface area contributed by atoms with Crippen molar-refractivity contribution in [3.05, 3.63) is 59.7 Å². The molecule has 0 radical (unpaired) electrons. The molecule has 0 aliphatic carbocycles. The molecule has 3 N–H and O–H groups in total. The maximum atomic E-state index is 12.8. The summed E-state index contributed by atoms with van der Waals surface area (Å²) < 4.78 is 0. The van der Waals surface area contributed by atoms with Crippen LogP contribution in [0.15, 0.2) is 53.4 Å². The number of amides is 4. The molecule has 1 heterocycles. The normalized spacial score (nSPS) is 18.3.